The van der Waals surface area contributed by atoms with Crippen LogP contribution in [0.1, 0.15) is 61.3 Å². The van der Waals surface area contributed by atoms with Crippen LogP contribution in [0.5, 0.6) is 0 Å². The summed E-state index contributed by atoms with van der Waals surface area (Å²) in [6.07, 6.45) is 1.99. The molecule has 0 bridgehead atoms. The number of Topliss-reactive ketones (excluding diaryl/α,β-unsaturated/α-hetero) is 1. The predicted octanol–water partition coefficient (Wildman–Crippen LogP) is 4.57. The summed E-state index contributed by atoms with van der Waals surface area (Å²) in [4.78, 5) is 22.5. The van der Waals surface area contributed by atoms with Crippen molar-refractivity contribution < 1.29 is 42.3 Å². The molecule has 141 valence electrons. The molecule has 1 unspecified atom stereocenters. The van der Waals surface area contributed by atoms with Gasteiger partial charge in [-0.2, -0.15) is 11.8 Å². The van der Waals surface area contributed by atoms with Crippen molar-refractivity contribution in [2.24, 2.45) is 16.7 Å². The van der Waals surface area contributed by atoms with Crippen LogP contribution in [-0.2, 0) is 42.3 Å². The monoisotopic (exact) mass is 432 g/mol. The molecule has 0 saturated heterocycles. The normalized spacial score (nSPS) is 12.4. The predicted molar refractivity (Wildman–Crippen MR) is 103 cm³/mol. The maximum absolute atomic E-state index is 11.8. The van der Waals surface area contributed by atoms with E-state index in [1.807, 2.05) is 20.8 Å². The summed E-state index contributed by atoms with van der Waals surface area (Å²) in [7, 11) is 0. The van der Waals surface area contributed by atoms with E-state index in [0.717, 1.165) is 18.6 Å². The molecule has 1 radical (unpaired) electrons. The molecule has 0 rings (SSSR count). The summed E-state index contributed by atoms with van der Waals surface area (Å²) >= 11 is 1.66. The Morgan fingerprint density at radius 3 is 1.96 bits per heavy atom. The first kappa shape index (κ1) is 29.4. The van der Waals surface area contributed by atoms with E-state index in [4.69, 9.17) is 0 Å². The van der Waals surface area contributed by atoms with Crippen molar-refractivity contribution in [1.29, 1.82) is 0 Å². The van der Waals surface area contributed by atoms with E-state index in [0.29, 0.717) is 12.3 Å². The molecule has 1 atom stereocenters. The first-order chi connectivity index (χ1) is 10.3. The second-order valence-corrected chi connectivity index (χ2v) is 9.08. The standard InChI is InChI=1S/C12H23O.C7H14NOS.Y/c1-9(8-11(2,3)4)10(13)12(5,6)7;1-3-5-10-6-7(9)8-4-2;/h9H,1,8H2,2-7H3;2-6H2,1H3,(H,8,9);/q2*-1;. The van der Waals surface area contributed by atoms with Gasteiger partial charge in [-0.25, -0.2) is 0 Å². The summed E-state index contributed by atoms with van der Waals surface area (Å²) in [5, 5.41) is 2.63. The number of hydrogen-bond donors (Lipinski definition) is 1. The van der Waals surface area contributed by atoms with Crippen LogP contribution in [0.3, 0.4) is 0 Å². The molecule has 3 nitrogen and oxygen atoms in total. The number of rotatable bonds is 7. The smallest absolute Gasteiger partial charge is 0.227 e. The van der Waals surface area contributed by atoms with Gasteiger partial charge in [-0.05, 0) is 17.6 Å². The Hall–Kier alpha value is 0.594. The van der Waals surface area contributed by atoms with Gasteiger partial charge in [0.25, 0.3) is 0 Å². The number of nitrogens with one attached hydrogen (secondary N) is 1. The average molecular weight is 432 g/mol. The molecule has 0 aliphatic rings. The zero-order valence-electron chi connectivity index (χ0n) is 16.8. The molecule has 0 aromatic rings. The fourth-order valence-electron chi connectivity index (χ4n) is 1.94. The Labute approximate surface area is 180 Å². The maximum atomic E-state index is 11.8. The molecule has 0 aliphatic carbocycles. The summed E-state index contributed by atoms with van der Waals surface area (Å²) in [6.45, 7) is 22.3. The second-order valence-electron chi connectivity index (χ2n) is 7.98. The Balaban J connectivity index is -0.000000364. The number of thioether (sulfide) groups is 1. The Morgan fingerprint density at radius 1 is 1.12 bits per heavy atom. The van der Waals surface area contributed by atoms with E-state index in [1.54, 1.807) is 11.8 Å². The van der Waals surface area contributed by atoms with Crippen molar-refractivity contribution in [1.82, 2.24) is 5.32 Å². The Kier molecular flexibility index (Phi) is 18.0. The molecule has 0 aromatic carbocycles. The fraction of sp³-hybridized carbons (Fsp3) is 0.789. The van der Waals surface area contributed by atoms with Crippen molar-refractivity contribution in [3.05, 3.63) is 13.8 Å². The third-order valence-electron chi connectivity index (χ3n) is 2.87. The van der Waals surface area contributed by atoms with Gasteiger partial charge in [0.2, 0.25) is 5.91 Å². The van der Waals surface area contributed by atoms with Gasteiger partial charge < -0.3 is 24.0 Å². The quantitative estimate of drug-likeness (QED) is 0.474. The van der Waals surface area contributed by atoms with Crippen molar-refractivity contribution in [2.45, 2.75) is 61.3 Å². The second kappa shape index (κ2) is 14.7. The number of carbonyl (C=O) groups excluding carboxylic acids is 2. The molecule has 24 heavy (non-hydrogen) atoms. The van der Waals surface area contributed by atoms with Crippen LogP contribution in [-0.4, -0.2) is 29.7 Å². The zero-order valence-corrected chi connectivity index (χ0v) is 20.5. The molecule has 0 aliphatic heterocycles. The minimum absolute atomic E-state index is 0. The topological polar surface area (TPSA) is 46.2 Å². The van der Waals surface area contributed by atoms with Crippen LogP contribution in [0.4, 0.5) is 0 Å². The fourth-order valence-corrected chi connectivity index (χ4v) is 2.66. The van der Waals surface area contributed by atoms with Crippen LogP contribution in [0.2, 0.25) is 0 Å². The van der Waals surface area contributed by atoms with Crippen LogP contribution < -0.4 is 5.32 Å². The van der Waals surface area contributed by atoms with Crippen LogP contribution in [0.25, 0.3) is 0 Å². The SMILES string of the molecule is [CH2-]C(CC(C)(C)C)C(=O)C(C)(C)C.[CH2-]CNC(=O)CSCCC.[Y]. The zero-order chi connectivity index (χ0) is 18.7. The van der Waals surface area contributed by atoms with Crippen LogP contribution in [0, 0.1) is 30.6 Å². The number of amides is 1. The molecular weight excluding hydrogens is 395 g/mol. The Bertz CT molecular complexity index is 346. The molecule has 0 heterocycles. The molecular formula is C19H37NO2SY-2. The number of ketones is 1. The Morgan fingerprint density at radius 2 is 1.62 bits per heavy atom. The van der Waals surface area contributed by atoms with Gasteiger partial charge >= 0.3 is 0 Å². The first-order valence-corrected chi connectivity index (χ1v) is 9.51. The third-order valence-corrected chi connectivity index (χ3v) is 4.04. The maximum Gasteiger partial charge on any atom is 0.227 e. The van der Waals surface area contributed by atoms with Gasteiger partial charge in [-0.3, -0.25) is 4.79 Å². The summed E-state index contributed by atoms with van der Waals surface area (Å²) in [6, 6.07) is 0. The van der Waals surface area contributed by atoms with E-state index in [-0.39, 0.29) is 61.1 Å². The van der Waals surface area contributed by atoms with Gasteiger partial charge in [0, 0.05) is 38.1 Å². The minimum Gasteiger partial charge on any atom is -0.386 e. The van der Waals surface area contributed by atoms with Crippen molar-refractivity contribution in [2.75, 3.05) is 18.1 Å². The molecule has 1 amide bonds. The minimum atomic E-state index is -0.252. The molecule has 0 saturated carbocycles. The first-order valence-electron chi connectivity index (χ1n) is 8.36. The van der Waals surface area contributed by atoms with E-state index in [9.17, 15) is 9.59 Å². The summed E-state index contributed by atoms with van der Waals surface area (Å²) < 4.78 is 0. The van der Waals surface area contributed by atoms with Crippen molar-refractivity contribution in [3.63, 3.8) is 0 Å². The van der Waals surface area contributed by atoms with E-state index in [2.05, 4.69) is 46.9 Å². The van der Waals surface area contributed by atoms with Gasteiger partial charge in [0.15, 0.2) is 0 Å². The number of hydrogen-bond acceptors (Lipinski definition) is 3. The van der Waals surface area contributed by atoms with E-state index in [1.165, 1.54) is 0 Å². The van der Waals surface area contributed by atoms with Gasteiger partial charge in [-0.1, -0.05) is 54.9 Å². The average Bonchev–Trinajstić information content (AvgIpc) is 2.36. The molecule has 0 fully saturated rings. The van der Waals surface area contributed by atoms with Gasteiger partial charge in [0.1, 0.15) is 5.78 Å². The van der Waals surface area contributed by atoms with Crippen molar-refractivity contribution >= 4 is 23.5 Å². The molecule has 5 heteroatoms. The molecule has 0 aromatic heterocycles. The van der Waals surface area contributed by atoms with E-state index >= 15 is 0 Å². The molecule has 0 spiro atoms. The third kappa shape index (κ3) is 18.9. The van der Waals surface area contributed by atoms with Crippen LogP contribution >= 0.6 is 11.8 Å². The molecule has 1 N–H and O–H groups in total. The van der Waals surface area contributed by atoms with Crippen molar-refractivity contribution in [3.8, 4) is 0 Å². The summed E-state index contributed by atoms with van der Waals surface area (Å²) in [5.41, 5.74) is -0.0645. The van der Waals surface area contributed by atoms with E-state index < -0.39 is 0 Å². The van der Waals surface area contributed by atoms with Crippen LogP contribution in [0.15, 0.2) is 0 Å². The van der Waals surface area contributed by atoms with Gasteiger partial charge in [-0.15, -0.1) is 12.5 Å². The summed E-state index contributed by atoms with van der Waals surface area (Å²) in [5.74, 6) is 1.92. The van der Waals surface area contributed by atoms with Gasteiger partial charge in [0.05, 0.1) is 5.75 Å². The largest absolute Gasteiger partial charge is 0.386 e. The number of carbonyl (C=O) groups is 2.